The van der Waals surface area contributed by atoms with Crippen LogP contribution >= 0.6 is 0 Å². The maximum Gasteiger partial charge on any atom is 0.0822 e. The van der Waals surface area contributed by atoms with Crippen LogP contribution in [0.4, 0.5) is 5.69 Å². The molecular formula is C13H22N2O2. The van der Waals surface area contributed by atoms with Gasteiger partial charge in [0, 0.05) is 18.1 Å². The molecule has 4 nitrogen and oxygen atoms in total. The first-order valence-electron chi connectivity index (χ1n) is 5.54. The van der Waals surface area contributed by atoms with Crippen LogP contribution in [0.5, 0.6) is 0 Å². The lowest BCUT2D eigenvalue weighted by atomic mass is 10.1. The van der Waals surface area contributed by atoms with Gasteiger partial charge in [-0.2, -0.15) is 0 Å². The van der Waals surface area contributed by atoms with E-state index >= 15 is 0 Å². The SMILES string of the molecule is CC(=O)[O-].C[N+](C)(C)CCc1ccccc1N. The fourth-order valence-electron chi connectivity index (χ4n) is 1.22. The molecule has 0 fully saturated rings. The zero-order valence-corrected chi connectivity index (χ0v) is 11.1. The van der Waals surface area contributed by atoms with E-state index in [9.17, 15) is 0 Å². The molecule has 0 bridgehead atoms. The van der Waals surface area contributed by atoms with Crippen molar-refractivity contribution in [2.75, 3.05) is 33.4 Å². The van der Waals surface area contributed by atoms with Crippen LogP contribution in [0.2, 0.25) is 0 Å². The summed E-state index contributed by atoms with van der Waals surface area (Å²) in [4.78, 5) is 8.89. The van der Waals surface area contributed by atoms with Crippen molar-refractivity contribution < 1.29 is 14.4 Å². The highest BCUT2D eigenvalue weighted by molar-refractivity contribution is 5.60. The molecule has 0 aliphatic carbocycles. The van der Waals surface area contributed by atoms with Crippen molar-refractivity contribution in [3.63, 3.8) is 0 Å². The molecule has 0 saturated carbocycles. The highest BCUT2D eigenvalue weighted by Crippen LogP contribution is 2.11. The minimum atomic E-state index is -1.08. The van der Waals surface area contributed by atoms with E-state index in [1.165, 1.54) is 5.56 Å². The quantitative estimate of drug-likeness (QED) is 0.607. The van der Waals surface area contributed by atoms with Crippen LogP contribution in [0.1, 0.15) is 12.5 Å². The summed E-state index contributed by atoms with van der Waals surface area (Å²) in [5.74, 6) is -1.08. The molecule has 0 spiro atoms. The summed E-state index contributed by atoms with van der Waals surface area (Å²) in [6, 6.07) is 8.09. The number of carboxylic acid groups (broad SMARTS) is 1. The Morgan fingerprint density at radius 2 is 1.76 bits per heavy atom. The van der Waals surface area contributed by atoms with E-state index < -0.39 is 5.97 Å². The average molecular weight is 238 g/mol. The molecule has 0 aliphatic heterocycles. The Hall–Kier alpha value is -1.55. The lowest BCUT2D eigenvalue weighted by Gasteiger charge is -2.24. The molecular weight excluding hydrogens is 216 g/mol. The molecule has 1 aromatic rings. The van der Waals surface area contributed by atoms with Gasteiger partial charge in [-0.15, -0.1) is 0 Å². The van der Waals surface area contributed by atoms with Crippen molar-refractivity contribution in [3.05, 3.63) is 29.8 Å². The Kier molecular flexibility index (Phi) is 6.28. The molecule has 0 saturated heterocycles. The van der Waals surface area contributed by atoms with E-state index in [2.05, 4.69) is 27.2 Å². The number of nitrogens with zero attached hydrogens (tertiary/aromatic N) is 1. The minimum Gasteiger partial charge on any atom is -0.550 e. The average Bonchev–Trinajstić information content (AvgIpc) is 2.14. The molecule has 0 heterocycles. The van der Waals surface area contributed by atoms with Crippen molar-refractivity contribution in [3.8, 4) is 0 Å². The van der Waals surface area contributed by atoms with Gasteiger partial charge in [0.15, 0.2) is 0 Å². The first-order valence-corrected chi connectivity index (χ1v) is 5.54. The smallest absolute Gasteiger partial charge is 0.0822 e. The Morgan fingerprint density at radius 3 is 2.18 bits per heavy atom. The maximum atomic E-state index is 8.89. The number of carbonyl (C=O) groups is 1. The van der Waals surface area contributed by atoms with Gasteiger partial charge in [0.1, 0.15) is 0 Å². The number of likely N-dealkylation sites (N-methyl/N-ethyl adjacent to an activating group) is 1. The monoisotopic (exact) mass is 238 g/mol. The number of para-hydroxylation sites is 1. The molecule has 17 heavy (non-hydrogen) atoms. The van der Waals surface area contributed by atoms with E-state index in [1.54, 1.807) is 0 Å². The van der Waals surface area contributed by atoms with Crippen molar-refractivity contribution in [1.29, 1.82) is 0 Å². The predicted molar refractivity (Wildman–Crippen MR) is 68.1 cm³/mol. The lowest BCUT2D eigenvalue weighted by Crippen LogP contribution is -2.36. The summed E-state index contributed by atoms with van der Waals surface area (Å²) in [5, 5.41) is 8.89. The van der Waals surface area contributed by atoms with E-state index in [0.717, 1.165) is 30.1 Å². The number of carboxylic acids is 1. The van der Waals surface area contributed by atoms with E-state index in [-0.39, 0.29) is 0 Å². The second-order valence-electron chi connectivity index (χ2n) is 4.95. The Bertz CT molecular complexity index is 353. The topological polar surface area (TPSA) is 66.1 Å². The first-order chi connectivity index (χ1) is 7.72. The largest absolute Gasteiger partial charge is 0.550 e. The van der Waals surface area contributed by atoms with Gasteiger partial charge in [-0.25, -0.2) is 0 Å². The molecule has 0 atom stereocenters. The molecule has 0 amide bonds. The fraction of sp³-hybridized carbons (Fsp3) is 0.462. The summed E-state index contributed by atoms with van der Waals surface area (Å²) in [7, 11) is 6.58. The molecule has 0 unspecified atom stereocenters. The molecule has 0 aromatic heterocycles. The number of quaternary nitrogens is 1. The van der Waals surface area contributed by atoms with Crippen LogP contribution in [-0.4, -0.2) is 38.1 Å². The van der Waals surface area contributed by atoms with Gasteiger partial charge < -0.3 is 20.1 Å². The highest BCUT2D eigenvalue weighted by Gasteiger charge is 2.07. The number of aliphatic carboxylic acids is 1. The molecule has 4 heteroatoms. The Morgan fingerprint density at radius 1 is 1.29 bits per heavy atom. The van der Waals surface area contributed by atoms with E-state index in [1.807, 2.05) is 18.2 Å². The highest BCUT2D eigenvalue weighted by atomic mass is 16.4. The van der Waals surface area contributed by atoms with E-state index in [4.69, 9.17) is 15.6 Å². The molecule has 1 rings (SSSR count). The second-order valence-corrected chi connectivity index (χ2v) is 4.95. The molecule has 0 aliphatic rings. The molecule has 96 valence electrons. The fourth-order valence-corrected chi connectivity index (χ4v) is 1.22. The van der Waals surface area contributed by atoms with Gasteiger partial charge in [0.2, 0.25) is 0 Å². The normalized spacial score (nSPS) is 10.4. The number of nitrogens with two attached hydrogens (primary N) is 1. The number of hydrogen-bond donors (Lipinski definition) is 1. The van der Waals surface area contributed by atoms with Gasteiger partial charge in [-0.1, -0.05) is 18.2 Å². The lowest BCUT2D eigenvalue weighted by molar-refractivity contribution is -0.870. The third-order valence-electron chi connectivity index (χ3n) is 2.11. The second kappa shape index (κ2) is 6.91. The zero-order valence-electron chi connectivity index (χ0n) is 11.1. The van der Waals surface area contributed by atoms with Crippen molar-refractivity contribution in [1.82, 2.24) is 0 Å². The molecule has 0 radical (unpaired) electrons. The molecule has 2 N–H and O–H groups in total. The number of nitrogen functional groups attached to an aromatic ring is 1. The number of anilines is 1. The molecule has 1 aromatic carbocycles. The van der Waals surface area contributed by atoms with Crippen molar-refractivity contribution in [2.24, 2.45) is 0 Å². The van der Waals surface area contributed by atoms with Gasteiger partial charge in [-0.3, -0.25) is 0 Å². The van der Waals surface area contributed by atoms with Crippen LogP contribution in [0.15, 0.2) is 24.3 Å². The third-order valence-corrected chi connectivity index (χ3v) is 2.11. The maximum absolute atomic E-state index is 8.89. The minimum absolute atomic E-state index is 0.913. The van der Waals surface area contributed by atoms with Gasteiger partial charge in [0.25, 0.3) is 0 Å². The van der Waals surface area contributed by atoms with Gasteiger partial charge in [-0.05, 0) is 18.6 Å². The van der Waals surface area contributed by atoms with Crippen molar-refractivity contribution in [2.45, 2.75) is 13.3 Å². The van der Waals surface area contributed by atoms with Gasteiger partial charge >= 0.3 is 0 Å². The Balaban J connectivity index is 0.000000557. The van der Waals surface area contributed by atoms with Crippen LogP contribution in [-0.2, 0) is 11.2 Å². The Labute approximate surface area is 103 Å². The first kappa shape index (κ1) is 15.4. The summed E-state index contributed by atoms with van der Waals surface area (Å²) >= 11 is 0. The van der Waals surface area contributed by atoms with Crippen molar-refractivity contribution >= 4 is 11.7 Å². The van der Waals surface area contributed by atoms with Crippen LogP contribution in [0.3, 0.4) is 0 Å². The number of hydrogen-bond acceptors (Lipinski definition) is 3. The van der Waals surface area contributed by atoms with Gasteiger partial charge in [0.05, 0.1) is 27.7 Å². The summed E-state index contributed by atoms with van der Waals surface area (Å²) in [5.41, 5.74) is 8.02. The van der Waals surface area contributed by atoms with Crippen LogP contribution in [0, 0.1) is 0 Å². The van der Waals surface area contributed by atoms with E-state index in [0.29, 0.717) is 0 Å². The number of carbonyl (C=O) groups excluding carboxylic acids is 1. The summed E-state index contributed by atoms with van der Waals surface area (Å²) in [6.07, 6.45) is 1.05. The zero-order chi connectivity index (χ0) is 13.5. The number of benzene rings is 1. The standard InChI is InChI=1S/C11H19N2.C2H4O2/c1-13(2,3)9-8-10-6-4-5-7-11(10)12;1-2(3)4/h4-7H,8-9,12H2,1-3H3;1H3,(H,3,4)/q+1;/p-1. The predicted octanol–water partition coefficient (Wildman–Crippen LogP) is 0.274. The summed E-state index contributed by atoms with van der Waals surface area (Å²) < 4.78 is 0.980. The third kappa shape index (κ3) is 9.38. The van der Waals surface area contributed by atoms with Crippen LogP contribution < -0.4 is 10.8 Å². The summed E-state index contributed by atoms with van der Waals surface area (Å²) in [6.45, 7) is 2.09. The van der Waals surface area contributed by atoms with Crippen LogP contribution in [0.25, 0.3) is 0 Å². The number of rotatable bonds is 3.